The Morgan fingerprint density at radius 2 is 0.796 bits per heavy atom. The summed E-state index contributed by atoms with van der Waals surface area (Å²) in [6, 6.07) is -0.817. The molecule has 49 heavy (non-hydrogen) atoms. The number of rotatable bonds is 40. The lowest BCUT2D eigenvalue weighted by molar-refractivity contribution is -0.123. The number of aliphatic hydroxyl groups excluding tert-OH is 1. The van der Waals surface area contributed by atoms with Gasteiger partial charge in [0.25, 0.3) is 0 Å². The molecule has 0 aromatic rings. The Morgan fingerprint density at radius 1 is 0.510 bits per heavy atom. The third-order valence-electron chi connectivity index (χ3n) is 10.1. The quantitative estimate of drug-likeness (QED) is 0.0370. The summed E-state index contributed by atoms with van der Waals surface area (Å²) in [6.45, 7) is 4.14. The zero-order valence-electron chi connectivity index (χ0n) is 32.6. The van der Waals surface area contributed by atoms with Gasteiger partial charge < -0.3 is 20.2 Å². The minimum Gasteiger partial charge on any atom is -0.391 e. The molecule has 2 atom stereocenters. The minimum absolute atomic E-state index is 0.189. The van der Waals surface area contributed by atoms with Gasteiger partial charge in [0.2, 0.25) is 5.91 Å². The van der Waals surface area contributed by atoms with Crippen molar-refractivity contribution in [2.75, 3.05) is 6.61 Å². The largest absolute Gasteiger partial charge is 0.469 e. The van der Waals surface area contributed by atoms with Crippen LogP contribution in [0.3, 0.4) is 0 Å². The smallest absolute Gasteiger partial charge is 0.391 e. The molecule has 0 bridgehead atoms. The van der Waals surface area contributed by atoms with Gasteiger partial charge in [-0.3, -0.25) is 9.32 Å². The average Bonchev–Trinajstić information content (AvgIpc) is 3.07. The Balaban J connectivity index is 3.87. The topological polar surface area (TPSA) is 116 Å². The maximum Gasteiger partial charge on any atom is 0.469 e. The van der Waals surface area contributed by atoms with Crippen molar-refractivity contribution in [1.82, 2.24) is 5.32 Å². The first-order chi connectivity index (χ1) is 23.8. The van der Waals surface area contributed by atoms with E-state index in [9.17, 15) is 14.5 Å². The van der Waals surface area contributed by atoms with Gasteiger partial charge in [0.1, 0.15) is 0 Å². The molecular formula is C41H84NO6P. The van der Waals surface area contributed by atoms with Crippen LogP contribution in [0.1, 0.15) is 239 Å². The number of nitrogens with one attached hydrogen (secondary N) is 1. The van der Waals surface area contributed by atoms with Crippen LogP contribution in [0.2, 0.25) is 0 Å². The molecular weight excluding hydrogens is 633 g/mol. The van der Waals surface area contributed by atoms with Crippen molar-refractivity contribution >= 4 is 13.7 Å². The number of phosphoric acid groups is 1. The van der Waals surface area contributed by atoms with Crippen LogP contribution in [0.4, 0.5) is 0 Å². The van der Waals surface area contributed by atoms with Gasteiger partial charge in [-0.25, -0.2) is 4.57 Å². The van der Waals surface area contributed by atoms with Gasteiger partial charge in [0, 0.05) is 6.42 Å². The third kappa shape index (κ3) is 38.6. The summed E-state index contributed by atoms with van der Waals surface area (Å²) >= 11 is 0. The fraction of sp³-hybridized carbons (Fsp3) is 0.976. The predicted octanol–water partition coefficient (Wildman–Crippen LogP) is 12.6. The highest BCUT2D eigenvalue weighted by Crippen LogP contribution is 2.36. The monoisotopic (exact) mass is 718 g/mol. The highest BCUT2D eigenvalue weighted by molar-refractivity contribution is 7.46. The maximum absolute atomic E-state index is 12.6. The van der Waals surface area contributed by atoms with Gasteiger partial charge in [-0.05, 0) is 12.8 Å². The average molecular weight is 718 g/mol. The molecule has 1 amide bonds. The van der Waals surface area contributed by atoms with Crippen molar-refractivity contribution in [1.29, 1.82) is 0 Å². The number of hydrogen-bond acceptors (Lipinski definition) is 4. The second kappa shape index (κ2) is 37.3. The number of phosphoric ester groups is 1. The van der Waals surface area contributed by atoms with Crippen molar-refractivity contribution in [2.45, 2.75) is 251 Å². The second-order valence-corrected chi connectivity index (χ2v) is 16.3. The predicted molar refractivity (Wildman–Crippen MR) is 209 cm³/mol. The van der Waals surface area contributed by atoms with Crippen LogP contribution < -0.4 is 5.32 Å². The first kappa shape index (κ1) is 48.5. The van der Waals surface area contributed by atoms with E-state index >= 15 is 0 Å². The first-order valence-corrected chi connectivity index (χ1v) is 23.0. The van der Waals surface area contributed by atoms with Gasteiger partial charge >= 0.3 is 7.82 Å². The zero-order valence-corrected chi connectivity index (χ0v) is 33.5. The lowest BCUT2D eigenvalue weighted by Crippen LogP contribution is -2.46. The van der Waals surface area contributed by atoms with Crippen LogP contribution in [-0.2, 0) is 13.9 Å². The molecule has 0 saturated carbocycles. The number of unbranched alkanes of at least 4 members (excludes halogenated alkanes) is 31. The molecule has 0 aromatic carbocycles. The van der Waals surface area contributed by atoms with E-state index in [0.717, 1.165) is 38.5 Å². The van der Waals surface area contributed by atoms with E-state index in [1.165, 1.54) is 173 Å². The molecule has 0 aliphatic heterocycles. The highest BCUT2D eigenvalue weighted by atomic mass is 31.2. The van der Waals surface area contributed by atoms with Crippen molar-refractivity contribution < 1.29 is 28.8 Å². The zero-order chi connectivity index (χ0) is 36.1. The molecule has 0 aliphatic carbocycles. The summed E-state index contributed by atoms with van der Waals surface area (Å²) in [5.41, 5.74) is 0. The summed E-state index contributed by atoms with van der Waals surface area (Å²) in [7, 11) is -4.69. The summed E-state index contributed by atoms with van der Waals surface area (Å²) in [6.07, 6.45) is 42.3. The number of carbonyl (C=O) groups excluding carboxylic acids is 1. The third-order valence-corrected chi connectivity index (χ3v) is 10.6. The number of aliphatic hydroxyl groups is 1. The molecule has 0 spiro atoms. The van der Waals surface area contributed by atoms with Gasteiger partial charge in [-0.2, -0.15) is 0 Å². The Kier molecular flexibility index (Phi) is 37.0. The molecule has 0 aliphatic rings. The molecule has 0 fully saturated rings. The Bertz CT molecular complexity index is 733. The van der Waals surface area contributed by atoms with E-state index < -0.39 is 26.6 Å². The van der Waals surface area contributed by atoms with Crippen molar-refractivity contribution in [3.63, 3.8) is 0 Å². The number of carbonyl (C=O) groups is 1. The van der Waals surface area contributed by atoms with Crippen molar-refractivity contribution in [3.05, 3.63) is 0 Å². The Hall–Kier alpha value is -0.460. The fourth-order valence-corrected chi connectivity index (χ4v) is 7.17. The molecule has 294 valence electrons. The molecule has 7 nitrogen and oxygen atoms in total. The van der Waals surface area contributed by atoms with Crippen LogP contribution >= 0.6 is 7.82 Å². The molecule has 0 saturated heterocycles. The maximum atomic E-state index is 12.6. The normalized spacial score (nSPS) is 13.2. The molecule has 8 heteroatoms. The Labute approximate surface area is 304 Å². The highest BCUT2D eigenvalue weighted by Gasteiger charge is 2.25. The molecule has 0 radical (unpaired) electrons. The van der Waals surface area contributed by atoms with Gasteiger partial charge in [-0.1, -0.05) is 219 Å². The van der Waals surface area contributed by atoms with E-state index in [4.69, 9.17) is 9.79 Å². The van der Waals surface area contributed by atoms with Crippen LogP contribution in [0.15, 0.2) is 0 Å². The molecule has 0 aromatic heterocycles. The van der Waals surface area contributed by atoms with Crippen LogP contribution in [-0.4, -0.2) is 39.6 Å². The SMILES string of the molecule is CCCCCCCCCCCCCCCCCCC[C@@H](O)[C@H](COP(=O)(O)O)NC(=O)CCCCCCCCCCCCCCCCCC. The molecule has 0 rings (SSSR count). The lowest BCUT2D eigenvalue weighted by Gasteiger charge is -2.24. The van der Waals surface area contributed by atoms with Crippen LogP contribution in [0.5, 0.6) is 0 Å². The standard InChI is InChI=1S/C41H84NO6P/c1-3-5-7-9-11-13-15-17-19-21-22-24-26-28-30-32-34-36-40(43)39(38-48-49(45,46)47)42-41(44)37-35-33-31-29-27-25-23-20-18-16-14-12-10-8-6-4-2/h39-40,43H,3-38H2,1-2H3,(H,42,44)(H2,45,46,47)/t39-,40+/m0/s1. The van der Waals surface area contributed by atoms with E-state index in [0.29, 0.717) is 12.8 Å². The second-order valence-electron chi connectivity index (χ2n) is 15.0. The number of hydrogen-bond donors (Lipinski definition) is 4. The van der Waals surface area contributed by atoms with E-state index in [1.54, 1.807) is 0 Å². The van der Waals surface area contributed by atoms with Crippen molar-refractivity contribution in [2.24, 2.45) is 0 Å². The van der Waals surface area contributed by atoms with Crippen LogP contribution in [0.25, 0.3) is 0 Å². The summed E-state index contributed by atoms with van der Waals surface area (Å²) in [5.74, 6) is -0.189. The van der Waals surface area contributed by atoms with E-state index in [2.05, 4.69) is 23.7 Å². The summed E-state index contributed by atoms with van der Waals surface area (Å²) in [4.78, 5) is 30.9. The fourth-order valence-electron chi connectivity index (χ4n) is 6.82. The molecule has 0 heterocycles. The van der Waals surface area contributed by atoms with E-state index in [-0.39, 0.29) is 5.91 Å². The first-order valence-electron chi connectivity index (χ1n) is 21.5. The molecule has 4 N–H and O–H groups in total. The minimum atomic E-state index is -4.69. The van der Waals surface area contributed by atoms with Crippen LogP contribution in [0, 0.1) is 0 Å². The van der Waals surface area contributed by atoms with Crippen molar-refractivity contribution in [3.8, 4) is 0 Å². The van der Waals surface area contributed by atoms with Gasteiger partial charge in [0.05, 0.1) is 18.8 Å². The summed E-state index contributed by atoms with van der Waals surface area (Å²) < 4.78 is 16.0. The summed E-state index contributed by atoms with van der Waals surface area (Å²) in [5, 5.41) is 13.5. The molecule has 0 unspecified atom stereocenters. The van der Waals surface area contributed by atoms with E-state index in [1.807, 2.05) is 0 Å². The number of amides is 1. The lowest BCUT2D eigenvalue weighted by atomic mass is 10.0. The Morgan fingerprint density at radius 3 is 1.10 bits per heavy atom. The van der Waals surface area contributed by atoms with Gasteiger partial charge in [-0.15, -0.1) is 0 Å². The van der Waals surface area contributed by atoms with Gasteiger partial charge in [0.15, 0.2) is 0 Å².